The number of hydrazone groups is 1. The predicted molar refractivity (Wildman–Crippen MR) is 123 cm³/mol. The molecule has 0 bridgehead atoms. The Morgan fingerprint density at radius 2 is 2.00 bits per heavy atom. The summed E-state index contributed by atoms with van der Waals surface area (Å²) < 4.78 is 16.8. The number of nitrogens with zero attached hydrogens (tertiary/aromatic N) is 3. The summed E-state index contributed by atoms with van der Waals surface area (Å²) in [5.41, 5.74) is 3.88. The summed E-state index contributed by atoms with van der Waals surface area (Å²) in [5.74, 6) is 0.561. The van der Waals surface area contributed by atoms with E-state index in [4.69, 9.17) is 25.8 Å². The van der Waals surface area contributed by atoms with Gasteiger partial charge in [-0.3, -0.25) is 19.8 Å². The Hall–Kier alpha value is -3.21. The van der Waals surface area contributed by atoms with Crippen LogP contribution >= 0.6 is 11.6 Å². The summed E-state index contributed by atoms with van der Waals surface area (Å²) in [6, 6.07) is 9.42. The van der Waals surface area contributed by atoms with Gasteiger partial charge in [0.25, 0.3) is 11.6 Å². The maximum atomic E-state index is 12.1. The molecule has 0 unspecified atom stereocenters. The minimum absolute atomic E-state index is 0.00691. The van der Waals surface area contributed by atoms with Crippen LogP contribution in [0, 0.1) is 10.1 Å². The van der Waals surface area contributed by atoms with Crippen molar-refractivity contribution in [2.24, 2.45) is 5.10 Å². The van der Waals surface area contributed by atoms with E-state index in [1.54, 1.807) is 24.3 Å². The highest BCUT2D eigenvalue weighted by atomic mass is 35.5. The SMILES string of the molecule is CCOc1cc(C=NNC(=O)CN2CCOCC2)cc(Cl)c1OCc1ccc([N+](=O)[O-])cc1. The molecule has 2 aromatic rings. The number of non-ortho nitro benzene ring substituents is 1. The molecule has 2 aromatic carbocycles. The highest BCUT2D eigenvalue weighted by Crippen LogP contribution is 2.37. The zero-order chi connectivity index (χ0) is 23.6. The number of morpholine rings is 1. The van der Waals surface area contributed by atoms with Gasteiger partial charge < -0.3 is 14.2 Å². The quantitative estimate of drug-likeness (QED) is 0.318. The number of halogens is 1. The van der Waals surface area contributed by atoms with Crippen molar-refractivity contribution in [3.05, 3.63) is 62.7 Å². The van der Waals surface area contributed by atoms with E-state index in [2.05, 4.69) is 10.5 Å². The lowest BCUT2D eigenvalue weighted by molar-refractivity contribution is -0.384. The Morgan fingerprint density at radius 1 is 1.27 bits per heavy atom. The van der Waals surface area contributed by atoms with Crippen molar-refractivity contribution < 1.29 is 23.9 Å². The normalized spacial score (nSPS) is 14.2. The van der Waals surface area contributed by atoms with Gasteiger partial charge in [-0.15, -0.1) is 0 Å². The first kappa shape index (κ1) is 24.4. The van der Waals surface area contributed by atoms with Crippen LogP contribution in [0.1, 0.15) is 18.1 Å². The van der Waals surface area contributed by atoms with Gasteiger partial charge in [0, 0.05) is 25.2 Å². The number of nitrogens with one attached hydrogen (secondary N) is 1. The first-order chi connectivity index (χ1) is 16.0. The molecule has 1 aliphatic rings. The van der Waals surface area contributed by atoms with Gasteiger partial charge in [-0.05, 0) is 42.3 Å². The highest BCUT2D eigenvalue weighted by molar-refractivity contribution is 6.32. The first-order valence-corrected chi connectivity index (χ1v) is 10.8. The molecule has 1 N–H and O–H groups in total. The number of hydrogen-bond donors (Lipinski definition) is 1. The van der Waals surface area contributed by atoms with Crippen molar-refractivity contribution in [1.29, 1.82) is 0 Å². The second-order valence-electron chi connectivity index (χ2n) is 7.16. The maximum absolute atomic E-state index is 12.1. The smallest absolute Gasteiger partial charge is 0.269 e. The molecule has 33 heavy (non-hydrogen) atoms. The largest absolute Gasteiger partial charge is 0.490 e. The molecule has 0 radical (unpaired) electrons. The molecule has 0 aliphatic carbocycles. The molecule has 1 fully saturated rings. The zero-order valence-corrected chi connectivity index (χ0v) is 18.9. The number of rotatable bonds is 10. The van der Waals surface area contributed by atoms with Crippen LogP contribution in [0.3, 0.4) is 0 Å². The van der Waals surface area contributed by atoms with Crippen LogP contribution in [0.15, 0.2) is 41.5 Å². The van der Waals surface area contributed by atoms with Gasteiger partial charge in [0.2, 0.25) is 0 Å². The lowest BCUT2D eigenvalue weighted by atomic mass is 10.2. The van der Waals surface area contributed by atoms with Gasteiger partial charge in [-0.2, -0.15) is 5.10 Å². The molecule has 0 saturated carbocycles. The topological polar surface area (TPSA) is 116 Å². The molecular weight excluding hydrogens is 452 g/mol. The predicted octanol–water partition coefficient (Wildman–Crippen LogP) is 3.01. The van der Waals surface area contributed by atoms with Crippen LogP contribution in [0.4, 0.5) is 5.69 Å². The van der Waals surface area contributed by atoms with Gasteiger partial charge in [0.15, 0.2) is 11.5 Å². The van der Waals surface area contributed by atoms with Gasteiger partial charge >= 0.3 is 0 Å². The van der Waals surface area contributed by atoms with Crippen LogP contribution < -0.4 is 14.9 Å². The van der Waals surface area contributed by atoms with E-state index in [-0.39, 0.29) is 24.7 Å². The van der Waals surface area contributed by atoms with Crippen molar-refractivity contribution in [3.63, 3.8) is 0 Å². The summed E-state index contributed by atoms with van der Waals surface area (Å²) in [4.78, 5) is 24.4. The summed E-state index contributed by atoms with van der Waals surface area (Å²) in [6.45, 7) is 5.30. The third kappa shape index (κ3) is 7.41. The Labute approximate surface area is 196 Å². The Bertz CT molecular complexity index is 993. The number of benzene rings is 2. The molecule has 3 rings (SSSR count). The fourth-order valence-corrected chi connectivity index (χ4v) is 3.39. The minimum Gasteiger partial charge on any atom is -0.490 e. The van der Waals surface area contributed by atoms with Gasteiger partial charge in [0.05, 0.1) is 42.5 Å². The monoisotopic (exact) mass is 476 g/mol. The number of hydrogen-bond acceptors (Lipinski definition) is 8. The third-order valence-corrected chi connectivity index (χ3v) is 5.02. The Kier molecular flexibility index (Phi) is 8.99. The fourth-order valence-electron chi connectivity index (χ4n) is 3.11. The molecule has 0 spiro atoms. The summed E-state index contributed by atoms with van der Waals surface area (Å²) >= 11 is 6.41. The summed E-state index contributed by atoms with van der Waals surface area (Å²) in [5, 5.41) is 15.1. The number of nitro benzene ring substituents is 1. The van der Waals surface area contributed by atoms with E-state index in [0.717, 1.165) is 5.56 Å². The molecule has 10 nitrogen and oxygen atoms in total. The van der Waals surface area contributed by atoms with Gasteiger partial charge in [-0.1, -0.05) is 11.6 Å². The van der Waals surface area contributed by atoms with Crippen molar-refractivity contribution in [2.45, 2.75) is 13.5 Å². The van der Waals surface area contributed by atoms with Gasteiger partial charge in [0.1, 0.15) is 6.61 Å². The average Bonchev–Trinajstić information content (AvgIpc) is 2.79. The van der Waals surface area contributed by atoms with E-state index < -0.39 is 4.92 Å². The summed E-state index contributed by atoms with van der Waals surface area (Å²) in [7, 11) is 0. The molecule has 1 aliphatic heterocycles. The fraction of sp³-hybridized carbons (Fsp3) is 0.364. The van der Waals surface area contributed by atoms with Crippen molar-refractivity contribution >= 4 is 29.4 Å². The zero-order valence-electron chi connectivity index (χ0n) is 18.2. The van der Waals surface area contributed by atoms with E-state index in [1.165, 1.54) is 18.3 Å². The number of amides is 1. The number of ether oxygens (including phenoxy) is 3. The molecule has 176 valence electrons. The van der Waals surface area contributed by atoms with Crippen LogP contribution in [-0.2, 0) is 16.1 Å². The van der Waals surface area contributed by atoms with E-state index >= 15 is 0 Å². The molecular formula is C22H25ClN4O6. The maximum Gasteiger partial charge on any atom is 0.269 e. The van der Waals surface area contributed by atoms with Crippen LogP contribution in [0.25, 0.3) is 0 Å². The van der Waals surface area contributed by atoms with Crippen molar-refractivity contribution in [2.75, 3.05) is 39.5 Å². The van der Waals surface area contributed by atoms with E-state index in [1.807, 2.05) is 11.8 Å². The number of nitro groups is 1. The van der Waals surface area contributed by atoms with E-state index in [9.17, 15) is 14.9 Å². The standard InChI is InChI=1S/C22H25ClN4O6/c1-2-32-20-12-17(13-24-25-21(28)14-26-7-9-31-10-8-26)11-19(23)22(20)33-15-16-3-5-18(6-4-16)27(29)30/h3-6,11-13H,2,7-10,14-15H2,1H3,(H,25,28). The highest BCUT2D eigenvalue weighted by Gasteiger charge is 2.15. The molecule has 1 amide bonds. The lowest BCUT2D eigenvalue weighted by Gasteiger charge is -2.25. The number of carbonyl (C=O) groups excluding carboxylic acids is 1. The summed E-state index contributed by atoms with van der Waals surface area (Å²) in [6.07, 6.45) is 1.48. The van der Waals surface area contributed by atoms with Gasteiger partial charge in [-0.25, -0.2) is 5.43 Å². The second kappa shape index (κ2) is 12.1. The van der Waals surface area contributed by atoms with Crippen LogP contribution in [0.2, 0.25) is 5.02 Å². The minimum atomic E-state index is -0.458. The Morgan fingerprint density at radius 3 is 2.67 bits per heavy atom. The number of carbonyl (C=O) groups is 1. The molecule has 0 atom stereocenters. The first-order valence-electron chi connectivity index (χ1n) is 10.4. The van der Waals surface area contributed by atoms with Crippen molar-refractivity contribution in [1.82, 2.24) is 10.3 Å². The molecule has 0 aromatic heterocycles. The molecule has 11 heteroatoms. The average molecular weight is 477 g/mol. The van der Waals surface area contributed by atoms with Crippen molar-refractivity contribution in [3.8, 4) is 11.5 Å². The molecule has 1 heterocycles. The van der Waals surface area contributed by atoms with Crippen LogP contribution in [0.5, 0.6) is 11.5 Å². The second-order valence-corrected chi connectivity index (χ2v) is 7.56. The van der Waals surface area contributed by atoms with E-state index in [0.29, 0.717) is 55.0 Å². The Balaban J connectivity index is 1.62. The third-order valence-electron chi connectivity index (χ3n) is 4.74. The lowest BCUT2D eigenvalue weighted by Crippen LogP contribution is -2.42. The molecule has 1 saturated heterocycles. The van der Waals surface area contributed by atoms with Crippen LogP contribution in [-0.4, -0.2) is 61.4 Å².